The third-order valence-electron chi connectivity index (χ3n) is 13.2. The minimum atomic E-state index is -0.667. The molecular weight excluding hydrogens is 1040 g/mol. The number of rotatable bonds is 52. The molecule has 0 radical (unpaired) electrons. The summed E-state index contributed by atoms with van der Waals surface area (Å²) in [6.07, 6.45) is 71.6. The molecule has 0 atom stereocenters. The number of amides is 1. The first-order chi connectivity index (χ1) is 37.9. The molecule has 0 aromatic carbocycles. The van der Waals surface area contributed by atoms with Crippen molar-refractivity contribution in [3.8, 4) is 0 Å². The summed E-state index contributed by atoms with van der Waals surface area (Å²) < 4.78 is 13.3. The molecule has 462 valence electrons. The molecule has 0 fully saturated rings. The Morgan fingerprint density at radius 3 is 0.782 bits per heavy atom. The van der Waals surface area contributed by atoms with Crippen molar-refractivity contribution in [3.63, 3.8) is 0 Å². The lowest BCUT2D eigenvalue weighted by atomic mass is 10.1. The van der Waals surface area contributed by atoms with Gasteiger partial charge in [-0.1, -0.05) is 247 Å². The molecule has 0 saturated carbocycles. The van der Waals surface area contributed by atoms with Gasteiger partial charge in [0.15, 0.2) is 0 Å². The topological polar surface area (TPSA) is 159 Å². The number of primary amides is 1. The zero-order valence-electron chi connectivity index (χ0n) is 52.3. The molecule has 78 heavy (non-hydrogen) atoms. The second-order valence-corrected chi connectivity index (χ2v) is 21.7. The summed E-state index contributed by atoms with van der Waals surface area (Å²) in [6, 6.07) is 0. The molecule has 0 aliphatic heterocycles. The number of carboxylic acid groups (broad SMARTS) is 1. The molecule has 0 unspecified atom stereocenters. The molecule has 1 amide bonds. The van der Waals surface area contributed by atoms with Crippen LogP contribution < -0.4 is 5.73 Å². The SMILES string of the molecule is CCCCCCCCC/C=C\CCCCCCC(=O)O.CCCCCCCCC/C=C\CCCCCCC(=O)OC.CCCCCCCCC/C=C\CCCCCCC(N)=O.COC(=O)CCCCCCCBr.COC(C)=O. The molecule has 0 aromatic heterocycles. The van der Waals surface area contributed by atoms with Gasteiger partial charge in [0, 0.05) is 37.9 Å². The summed E-state index contributed by atoms with van der Waals surface area (Å²) in [5, 5.41) is 9.59. The smallest absolute Gasteiger partial charge is 0.305 e. The van der Waals surface area contributed by atoms with E-state index in [1.165, 1.54) is 247 Å². The fraction of sp³-hybridized carbons (Fsp3) is 0.836. The van der Waals surface area contributed by atoms with Gasteiger partial charge in [-0.05, 0) is 109 Å². The molecule has 0 aliphatic carbocycles. The molecule has 0 spiro atoms. The number of halogens is 1. The van der Waals surface area contributed by atoms with Crippen LogP contribution in [0.1, 0.15) is 336 Å². The van der Waals surface area contributed by atoms with E-state index >= 15 is 0 Å². The number of nitrogens with two attached hydrogens (primary N) is 1. The lowest BCUT2D eigenvalue weighted by Gasteiger charge is -2.00. The number of aliphatic carboxylic acids is 1. The van der Waals surface area contributed by atoms with Crippen LogP contribution >= 0.6 is 15.9 Å². The fourth-order valence-electron chi connectivity index (χ4n) is 8.16. The Kier molecular flexibility index (Phi) is 86.6. The number of carbonyl (C=O) groups excluding carboxylic acids is 4. The first-order valence-corrected chi connectivity index (χ1v) is 33.2. The van der Waals surface area contributed by atoms with Gasteiger partial charge >= 0.3 is 23.9 Å². The number of hydrogen-bond acceptors (Lipinski definition) is 8. The van der Waals surface area contributed by atoms with Gasteiger partial charge in [0.25, 0.3) is 0 Å². The number of methoxy groups -OCH3 is 3. The Hall–Kier alpha value is -2.95. The van der Waals surface area contributed by atoms with Gasteiger partial charge in [-0.25, -0.2) is 0 Å². The number of alkyl halides is 1. The van der Waals surface area contributed by atoms with Crippen molar-refractivity contribution in [1.29, 1.82) is 0 Å². The molecule has 11 heteroatoms. The summed E-state index contributed by atoms with van der Waals surface area (Å²) in [7, 11) is 4.24. The Morgan fingerprint density at radius 2 is 0.564 bits per heavy atom. The minimum Gasteiger partial charge on any atom is -0.481 e. The van der Waals surface area contributed by atoms with Crippen molar-refractivity contribution < 1.29 is 43.3 Å². The van der Waals surface area contributed by atoms with Crippen LogP contribution in [0.25, 0.3) is 0 Å². The van der Waals surface area contributed by atoms with Gasteiger partial charge in [0.05, 0.1) is 21.3 Å². The maximum absolute atomic E-state index is 10.9. The lowest BCUT2D eigenvalue weighted by Crippen LogP contribution is -2.09. The van der Waals surface area contributed by atoms with E-state index in [2.05, 4.69) is 87.4 Å². The first-order valence-electron chi connectivity index (χ1n) is 32.1. The van der Waals surface area contributed by atoms with E-state index in [1.807, 2.05) is 0 Å². The molecule has 0 rings (SSSR count). The average molecular weight is 1170 g/mol. The third-order valence-corrected chi connectivity index (χ3v) is 13.8. The van der Waals surface area contributed by atoms with Crippen LogP contribution in [0, 0.1) is 0 Å². The molecular formula is C67H128BrNO9. The van der Waals surface area contributed by atoms with E-state index in [0.717, 1.165) is 69.5 Å². The second kappa shape index (κ2) is 80.5. The van der Waals surface area contributed by atoms with Gasteiger partial charge in [0.1, 0.15) is 0 Å². The van der Waals surface area contributed by atoms with Crippen molar-refractivity contribution in [3.05, 3.63) is 36.5 Å². The molecule has 0 aliphatic rings. The molecule has 0 aromatic rings. The number of carboxylic acids is 1. The van der Waals surface area contributed by atoms with Crippen molar-refractivity contribution >= 4 is 45.7 Å². The number of ether oxygens (including phenoxy) is 3. The van der Waals surface area contributed by atoms with Gasteiger partial charge < -0.3 is 25.1 Å². The van der Waals surface area contributed by atoms with Gasteiger partial charge in [-0.3, -0.25) is 24.0 Å². The number of allylic oxidation sites excluding steroid dienone is 6. The lowest BCUT2D eigenvalue weighted by molar-refractivity contribution is -0.141. The quantitative estimate of drug-likeness (QED) is 0.0199. The van der Waals surface area contributed by atoms with Crippen LogP contribution in [-0.4, -0.2) is 61.6 Å². The minimum absolute atomic E-state index is 0.0791. The van der Waals surface area contributed by atoms with Gasteiger partial charge in [-0.2, -0.15) is 0 Å². The highest BCUT2D eigenvalue weighted by Crippen LogP contribution is 2.14. The fourth-order valence-corrected chi connectivity index (χ4v) is 8.55. The highest BCUT2D eigenvalue weighted by molar-refractivity contribution is 9.09. The van der Waals surface area contributed by atoms with Crippen LogP contribution in [0.5, 0.6) is 0 Å². The van der Waals surface area contributed by atoms with E-state index in [0.29, 0.717) is 25.7 Å². The van der Waals surface area contributed by atoms with Gasteiger partial charge in [-0.15, -0.1) is 0 Å². The standard InChI is InChI=1S/C19H36O2.C18H35NO.C18H34O2.C9H17BrO2.C3H6O2/c1-3-4-5-6-7-8-9-10-11-12-13-14-15-16-17-18-19(20)21-2;2*1-2-3-4-5-6-7-8-9-10-11-12-13-14-15-16-17-18(19)20;1-12-9(11)7-5-3-2-4-6-8-10;1-3(4)5-2/h11-12H,3-10,13-18H2,1-2H3;10-11H,2-9,12-17H2,1H3,(H2,19,20);10-11H,2-9,12-17H2,1H3,(H,19,20);2-8H2,1H3;1-2H3/b12-11-;2*11-10-;;. The molecule has 0 heterocycles. The monoisotopic (exact) mass is 1170 g/mol. The molecule has 0 saturated heterocycles. The van der Waals surface area contributed by atoms with Crippen LogP contribution in [0.3, 0.4) is 0 Å². The van der Waals surface area contributed by atoms with E-state index in [1.54, 1.807) is 0 Å². The Bertz CT molecular complexity index is 1250. The predicted molar refractivity (Wildman–Crippen MR) is 338 cm³/mol. The summed E-state index contributed by atoms with van der Waals surface area (Å²) in [5.74, 6) is -1.25. The maximum Gasteiger partial charge on any atom is 0.305 e. The Labute approximate surface area is 491 Å². The van der Waals surface area contributed by atoms with Crippen LogP contribution in [0.15, 0.2) is 36.5 Å². The zero-order valence-corrected chi connectivity index (χ0v) is 53.9. The number of carbonyl (C=O) groups is 5. The highest BCUT2D eigenvalue weighted by atomic mass is 79.9. The molecule has 0 bridgehead atoms. The molecule has 10 nitrogen and oxygen atoms in total. The van der Waals surface area contributed by atoms with Gasteiger partial charge in [0.2, 0.25) is 5.91 Å². The summed E-state index contributed by atoms with van der Waals surface area (Å²) in [6.45, 7) is 8.16. The normalized spacial score (nSPS) is 10.7. The largest absolute Gasteiger partial charge is 0.481 e. The third kappa shape index (κ3) is 98.5. The summed E-state index contributed by atoms with van der Waals surface area (Å²) >= 11 is 3.38. The van der Waals surface area contributed by atoms with E-state index in [4.69, 9.17) is 10.8 Å². The second-order valence-electron chi connectivity index (χ2n) is 20.9. The number of unbranched alkanes of at least 4 members (excludes halogenated alkanes) is 37. The zero-order chi connectivity index (χ0) is 58.9. The average Bonchev–Trinajstić information content (AvgIpc) is 3.43. The maximum atomic E-state index is 10.9. The van der Waals surface area contributed by atoms with Crippen molar-refractivity contribution in [2.45, 2.75) is 336 Å². The van der Waals surface area contributed by atoms with Crippen LogP contribution in [-0.2, 0) is 38.2 Å². The van der Waals surface area contributed by atoms with E-state index in [9.17, 15) is 24.0 Å². The van der Waals surface area contributed by atoms with E-state index < -0.39 is 5.97 Å². The van der Waals surface area contributed by atoms with Crippen LogP contribution in [0.2, 0.25) is 0 Å². The van der Waals surface area contributed by atoms with Crippen molar-refractivity contribution in [2.24, 2.45) is 5.73 Å². The summed E-state index contributed by atoms with van der Waals surface area (Å²) in [4.78, 5) is 52.0. The predicted octanol–water partition coefficient (Wildman–Crippen LogP) is 20.9. The Morgan fingerprint density at radius 1 is 0.346 bits per heavy atom. The molecule has 3 N–H and O–H groups in total. The van der Waals surface area contributed by atoms with Crippen LogP contribution in [0.4, 0.5) is 0 Å². The number of esters is 3. The summed E-state index contributed by atoms with van der Waals surface area (Å²) in [5.41, 5.74) is 5.10. The first kappa shape index (κ1) is 83.9. The number of hydrogen-bond donors (Lipinski definition) is 2. The highest BCUT2D eigenvalue weighted by Gasteiger charge is 2.01. The van der Waals surface area contributed by atoms with Crippen molar-refractivity contribution in [2.75, 3.05) is 26.7 Å². The van der Waals surface area contributed by atoms with Crippen molar-refractivity contribution in [1.82, 2.24) is 0 Å². The Balaban J connectivity index is -0.000000299. The van der Waals surface area contributed by atoms with E-state index in [-0.39, 0.29) is 23.8 Å².